The number of benzene rings is 1. The maximum absolute atomic E-state index is 12.5. The van der Waals surface area contributed by atoms with Crippen LogP contribution < -0.4 is 5.32 Å². The van der Waals surface area contributed by atoms with Crippen LogP contribution in [0.15, 0.2) is 46.5 Å². The molecule has 4 nitrogen and oxygen atoms in total. The number of carbonyl (C=O) groups is 1. The second-order valence-electron chi connectivity index (χ2n) is 6.07. The fourth-order valence-corrected chi connectivity index (χ4v) is 3.74. The normalized spacial score (nSPS) is 17.0. The largest absolute Gasteiger partial charge is 0.376 e. The Hall–Kier alpha value is -1.85. The van der Waals surface area contributed by atoms with Gasteiger partial charge in [0.1, 0.15) is 5.03 Å². The van der Waals surface area contributed by atoms with Crippen molar-refractivity contribution in [3.63, 3.8) is 0 Å². The van der Waals surface area contributed by atoms with E-state index in [4.69, 9.17) is 4.74 Å². The summed E-state index contributed by atoms with van der Waals surface area (Å²) in [5.74, 6) is -0.0913. The molecule has 1 aromatic heterocycles. The lowest BCUT2D eigenvalue weighted by Crippen LogP contribution is -2.32. The Labute approximate surface area is 147 Å². The van der Waals surface area contributed by atoms with Gasteiger partial charge in [0.25, 0.3) is 5.91 Å². The summed E-state index contributed by atoms with van der Waals surface area (Å²) < 4.78 is 5.56. The Bertz CT molecular complexity index is 727. The molecule has 0 saturated carbocycles. The zero-order valence-electron chi connectivity index (χ0n) is 14.0. The summed E-state index contributed by atoms with van der Waals surface area (Å²) in [5.41, 5.74) is 2.99. The Morgan fingerprint density at radius 1 is 1.38 bits per heavy atom. The number of ether oxygens (including phenoxy) is 1. The van der Waals surface area contributed by atoms with Crippen LogP contribution >= 0.6 is 11.8 Å². The summed E-state index contributed by atoms with van der Waals surface area (Å²) in [6.07, 6.45) is 3.95. The third-order valence-corrected chi connectivity index (χ3v) is 5.26. The zero-order chi connectivity index (χ0) is 16.9. The van der Waals surface area contributed by atoms with Crippen LogP contribution in [-0.4, -0.2) is 30.1 Å². The number of hydrogen-bond acceptors (Lipinski definition) is 4. The molecule has 0 spiro atoms. The van der Waals surface area contributed by atoms with Crippen LogP contribution in [0.5, 0.6) is 0 Å². The first-order valence-electron chi connectivity index (χ1n) is 8.23. The van der Waals surface area contributed by atoms with Crippen molar-refractivity contribution in [2.24, 2.45) is 0 Å². The van der Waals surface area contributed by atoms with Gasteiger partial charge in [0, 0.05) is 24.2 Å². The molecule has 1 aliphatic rings. The monoisotopic (exact) mass is 342 g/mol. The number of nitrogens with zero attached hydrogens (tertiary/aromatic N) is 1. The van der Waals surface area contributed by atoms with Crippen LogP contribution in [0.1, 0.15) is 34.3 Å². The van der Waals surface area contributed by atoms with E-state index in [0.29, 0.717) is 12.1 Å². The van der Waals surface area contributed by atoms with E-state index < -0.39 is 0 Å². The van der Waals surface area contributed by atoms with Crippen LogP contribution in [0, 0.1) is 13.8 Å². The molecule has 2 aromatic rings. The number of rotatable bonds is 5. The predicted molar refractivity (Wildman–Crippen MR) is 95.6 cm³/mol. The van der Waals surface area contributed by atoms with E-state index in [9.17, 15) is 4.79 Å². The van der Waals surface area contributed by atoms with Crippen LogP contribution in [0.3, 0.4) is 0 Å². The molecule has 3 rings (SSSR count). The molecule has 24 heavy (non-hydrogen) atoms. The lowest BCUT2D eigenvalue weighted by Gasteiger charge is -2.13. The first-order chi connectivity index (χ1) is 11.6. The average Bonchev–Trinajstić information content (AvgIpc) is 3.10. The van der Waals surface area contributed by atoms with Gasteiger partial charge < -0.3 is 10.1 Å². The summed E-state index contributed by atoms with van der Waals surface area (Å²) >= 11 is 1.54. The molecule has 1 atom stereocenters. The third kappa shape index (κ3) is 4.16. The quantitative estimate of drug-likeness (QED) is 0.899. The van der Waals surface area contributed by atoms with Gasteiger partial charge in [0.2, 0.25) is 0 Å². The van der Waals surface area contributed by atoms with E-state index in [-0.39, 0.29) is 12.0 Å². The highest BCUT2D eigenvalue weighted by molar-refractivity contribution is 7.99. The molecule has 0 radical (unpaired) electrons. The van der Waals surface area contributed by atoms with Gasteiger partial charge >= 0.3 is 0 Å². The molecule has 0 aliphatic carbocycles. The number of pyridine rings is 1. The maximum Gasteiger partial charge on any atom is 0.254 e. The second-order valence-corrected chi connectivity index (χ2v) is 7.10. The Kier molecular flexibility index (Phi) is 5.53. The fourth-order valence-electron chi connectivity index (χ4n) is 2.67. The van der Waals surface area contributed by atoms with Crippen molar-refractivity contribution < 1.29 is 9.53 Å². The van der Waals surface area contributed by atoms with Gasteiger partial charge in [0.05, 0.1) is 11.7 Å². The number of nitrogens with one attached hydrogen (secondary N) is 1. The van der Waals surface area contributed by atoms with E-state index in [1.54, 1.807) is 12.3 Å². The van der Waals surface area contributed by atoms with Crippen molar-refractivity contribution in [3.05, 3.63) is 53.2 Å². The van der Waals surface area contributed by atoms with Crippen molar-refractivity contribution in [3.8, 4) is 0 Å². The molecule has 1 amide bonds. The van der Waals surface area contributed by atoms with Gasteiger partial charge in [-0.05, 0) is 56.0 Å². The summed E-state index contributed by atoms with van der Waals surface area (Å²) in [4.78, 5) is 18.1. The highest BCUT2D eigenvalue weighted by Gasteiger charge is 2.19. The van der Waals surface area contributed by atoms with E-state index >= 15 is 0 Å². The second kappa shape index (κ2) is 7.81. The molecule has 1 saturated heterocycles. The molecule has 1 aromatic carbocycles. The minimum Gasteiger partial charge on any atom is -0.376 e. The highest BCUT2D eigenvalue weighted by Crippen LogP contribution is 2.31. The van der Waals surface area contributed by atoms with Crippen molar-refractivity contribution in [2.45, 2.75) is 42.7 Å². The van der Waals surface area contributed by atoms with Crippen molar-refractivity contribution >= 4 is 17.7 Å². The summed E-state index contributed by atoms with van der Waals surface area (Å²) in [6, 6.07) is 9.94. The topological polar surface area (TPSA) is 51.2 Å². The smallest absolute Gasteiger partial charge is 0.254 e. The van der Waals surface area contributed by atoms with E-state index in [1.807, 2.05) is 6.07 Å². The fraction of sp³-hybridized carbons (Fsp3) is 0.368. The van der Waals surface area contributed by atoms with E-state index in [1.165, 1.54) is 22.9 Å². The predicted octanol–water partition coefficient (Wildman–Crippen LogP) is 3.76. The zero-order valence-corrected chi connectivity index (χ0v) is 14.9. The number of hydrogen-bond donors (Lipinski definition) is 1. The Morgan fingerprint density at radius 3 is 3.04 bits per heavy atom. The first kappa shape index (κ1) is 17.0. The first-order valence-corrected chi connectivity index (χ1v) is 9.05. The van der Waals surface area contributed by atoms with E-state index in [2.05, 4.69) is 42.3 Å². The van der Waals surface area contributed by atoms with Crippen LogP contribution in [0.4, 0.5) is 0 Å². The minimum atomic E-state index is -0.0913. The number of aryl methyl sites for hydroxylation is 2. The molecule has 0 bridgehead atoms. The van der Waals surface area contributed by atoms with Gasteiger partial charge in [-0.1, -0.05) is 23.9 Å². The molecule has 2 heterocycles. The Morgan fingerprint density at radius 2 is 2.25 bits per heavy atom. The van der Waals surface area contributed by atoms with Gasteiger partial charge in [-0.15, -0.1) is 0 Å². The van der Waals surface area contributed by atoms with Crippen LogP contribution in [-0.2, 0) is 4.74 Å². The SMILES string of the molecule is Cc1ccc(C)c(Sc2ncccc2C(=O)NCC2CCCO2)c1. The molecule has 1 unspecified atom stereocenters. The molecule has 1 aliphatic heterocycles. The van der Waals surface area contributed by atoms with Gasteiger partial charge in [-0.25, -0.2) is 4.98 Å². The van der Waals surface area contributed by atoms with Crippen LogP contribution in [0.25, 0.3) is 0 Å². The molecule has 5 heteroatoms. The molecular formula is C19H22N2O2S. The van der Waals surface area contributed by atoms with Crippen molar-refractivity contribution in [2.75, 3.05) is 13.2 Å². The van der Waals surface area contributed by atoms with Crippen LogP contribution in [0.2, 0.25) is 0 Å². The van der Waals surface area contributed by atoms with Crippen molar-refractivity contribution in [1.29, 1.82) is 0 Å². The Balaban J connectivity index is 1.74. The van der Waals surface area contributed by atoms with Gasteiger partial charge in [-0.3, -0.25) is 4.79 Å². The standard InChI is InChI=1S/C19H22N2O2S/c1-13-7-8-14(2)17(11-13)24-19-16(6-3-9-20-19)18(22)21-12-15-5-4-10-23-15/h3,6-9,11,15H,4-5,10,12H2,1-2H3,(H,21,22). The molecular weight excluding hydrogens is 320 g/mol. The average molecular weight is 342 g/mol. The number of aromatic nitrogens is 1. The molecule has 1 N–H and O–H groups in total. The third-order valence-electron chi connectivity index (χ3n) is 4.08. The number of carbonyl (C=O) groups excluding carboxylic acids is 1. The van der Waals surface area contributed by atoms with Crippen molar-refractivity contribution in [1.82, 2.24) is 10.3 Å². The van der Waals surface area contributed by atoms with Gasteiger partial charge in [-0.2, -0.15) is 0 Å². The lowest BCUT2D eigenvalue weighted by molar-refractivity contribution is 0.0855. The summed E-state index contributed by atoms with van der Waals surface area (Å²) in [7, 11) is 0. The molecule has 1 fully saturated rings. The van der Waals surface area contributed by atoms with E-state index in [0.717, 1.165) is 29.4 Å². The summed E-state index contributed by atoms with van der Waals surface area (Å²) in [6.45, 7) is 5.49. The lowest BCUT2D eigenvalue weighted by atomic mass is 10.2. The highest BCUT2D eigenvalue weighted by atomic mass is 32.2. The summed E-state index contributed by atoms with van der Waals surface area (Å²) in [5, 5.41) is 3.71. The molecule has 126 valence electrons. The number of amides is 1. The minimum absolute atomic E-state index is 0.0913. The van der Waals surface area contributed by atoms with Gasteiger partial charge in [0.15, 0.2) is 0 Å². The maximum atomic E-state index is 12.5.